The van der Waals surface area contributed by atoms with Gasteiger partial charge in [-0.15, -0.1) is 0 Å². The van der Waals surface area contributed by atoms with Gasteiger partial charge in [-0.25, -0.2) is 15.0 Å². The molecule has 254 valence electrons. The molecule has 6 nitrogen and oxygen atoms in total. The summed E-state index contributed by atoms with van der Waals surface area (Å²) < 4.78 is 0. The van der Waals surface area contributed by atoms with Crippen molar-refractivity contribution in [3.8, 4) is 90.2 Å². The van der Waals surface area contributed by atoms with Crippen molar-refractivity contribution < 1.29 is 0 Å². The van der Waals surface area contributed by atoms with Crippen molar-refractivity contribution in [1.29, 1.82) is 0 Å². The Labute approximate surface area is 313 Å². The summed E-state index contributed by atoms with van der Waals surface area (Å²) in [5, 5.41) is 0. The molecule has 5 aromatic heterocycles. The van der Waals surface area contributed by atoms with Gasteiger partial charge in [0.25, 0.3) is 0 Å². The lowest BCUT2D eigenvalue weighted by atomic mass is 9.96. The normalized spacial score (nSPS) is 11.0. The van der Waals surface area contributed by atoms with Gasteiger partial charge in [-0.1, -0.05) is 121 Å². The van der Waals surface area contributed by atoms with E-state index < -0.39 is 0 Å². The van der Waals surface area contributed by atoms with Crippen LogP contribution in [-0.2, 0) is 0 Å². The first kappa shape index (κ1) is 32.5. The van der Waals surface area contributed by atoms with E-state index >= 15 is 0 Å². The highest BCUT2D eigenvalue weighted by atomic mass is 14.9. The predicted octanol–water partition coefficient (Wildman–Crippen LogP) is 11.4. The molecule has 0 saturated heterocycles. The second-order valence-corrected chi connectivity index (χ2v) is 12.8. The molecule has 0 fully saturated rings. The zero-order valence-corrected chi connectivity index (χ0v) is 29.2. The van der Waals surface area contributed by atoms with Crippen LogP contribution < -0.4 is 0 Å². The molecule has 0 atom stereocenters. The summed E-state index contributed by atoms with van der Waals surface area (Å²) in [7, 11) is 0. The summed E-state index contributed by atoms with van der Waals surface area (Å²) in [6.45, 7) is 0. The zero-order chi connectivity index (χ0) is 36.1. The Balaban J connectivity index is 1.20. The average molecular weight is 693 g/mol. The quantitative estimate of drug-likeness (QED) is 0.158. The highest BCUT2D eigenvalue weighted by Crippen LogP contribution is 2.39. The second-order valence-electron chi connectivity index (χ2n) is 12.8. The second kappa shape index (κ2) is 14.7. The van der Waals surface area contributed by atoms with E-state index in [9.17, 15) is 0 Å². The molecule has 0 saturated carbocycles. The third-order valence-corrected chi connectivity index (χ3v) is 9.26. The number of hydrogen-bond acceptors (Lipinski definition) is 6. The van der Waals surface area contributed by atoms with Gasteiger partial charge in [-0.3, -0.25) is 15.0 Å². The first-order valence-electron chi connectivity index (χ1n) is 17.8. The number of aromatic nitrogens is 6. The van der Waals surface area contributed by atoms with E-state index in [1.54, 1.807) is 12.4 Å². The number of nitrogens with zero attached hydrogens (tertiary/aromatic N) is 6. The SMILES string of the molecule is c1ccc(-c2nc(-c3cccc(-c4ccccn4)c3)c(-c3ccccc3)nc2-c2ccc(-c3cc(-c4ccccn4)nc(-c4ccccn4)c3)cc2)cc1. The molecular formula is C48H32N6. The van der Waals surface area contributed by atoms with E-state index in [4.69, 9.17) is 15.0 Å². The molecule has 6 heteroatoms. The molecule has 5 heterocycles. The smallest absolute Gasteiger partial charge is 0.0973 e. The van der Waals surface area contributed by atoms with Crippen LogP contribution in [0.15, 0.2) is 195 Å². The Kier molecular flexibility index (Phi) is 8.81. The van der Waals surface area contributed by atoms with Gasteiger partial charge in [-0.2, -0.15) is 0 Å². The van der Waals surface area contributed by atoms with Gasteiger partial charge in [0.1, 0.15) is 0 Å². The maximum absolute atomic E-state index is 5.47. The predicted molar refractivity (Wildman–Crippen MR) is 217 cm³/mol. The average Bonchev–Trinajstić information content (AvgIpc) is 3.27. The number of rotatable bonds is 8. The van der Waals surface area contributed by atoms with Crippen molar-refractivity contribution in [2.75, 3.05) is 0 Å². The monoisotopic (exact) mass is 692 g/mol. The Morgan fingerprint density at radius 3 is 1.13 bits per heavy atom. The Hall–Kier alpha value is -7.44. The summed E-state index contributed by atoms with van der Waals surface area (Å²) >= 11 is 0. The topological polar surface area (TPSA) is 77.3 Å². The van der Waals surface area contributed by atoms with Crippen molar-refractivity contribution in [2.24, 2.45) is 0 Å². The molecule has 0 N–H and O–H groups in total. The molecule has 4 aromatic carbocycles. The molecule has 0 aliphatic heterocycles. The maximum Gasteiger partial charge on any atom is 0.0973 e. The number of hydrogen-bond donors (Lipinski definition) is 0. The zero-order valence-electron chi connectivity index (χ0n) is 29.2. The van der Waals surface area contributed by atoms with Crippen molar-refractivity contribution in [1.82, 2.24) is 29.9 Å². The Morgan fingerprint density at radius 2 is 0.630 bits per heavy atom. The summed E-state index contributed by atoms with van der Waals surface area (Å²) in [4.78, 5) is 29.7. The molecule has 0 amide bonds. The minimum atomic E-state index is 0.783. The molecule has 0 unspecified atom stereocenters. The molecule has 54 heavy (non-hydrogen) atoms. The Bertz CT molecular complexity index is 2610. The number of benzene rings is 4. The van der Waals surface area contributed by atoms with Gasteiger partial charge in [0.15, 0.2) is 0 Å². The fourth-order valence-electron chi connectivity index (χ4n) is 6.60. The maximum atomic E-state index is 5.47. The fourth-order valence-corrected chi connectivity index (χ4v) is 6.60. The Morgan fingerprint density at radius 1 is 0.222 bits per heavy atom. The molecule has 0 aliphatic carbocycles. The lowest BCUT2D eigenvalue weighted by Gasteiger charge is -2.17. The lowest BCUT2D eigenvalue weighted by molar-refractivity contribution is 1.21. The van der Waals surface area contributed by atoms with Crippen molar-refractivity contribution >= 4 is 0 Å². The third-order valence-electron chi connectivity index (χ3n) is 9.26. The van der Waals surface area contributed by atoms with Crippen molar-refractivity contribution in [2.45, 2.75) is 0 Å². The molecule has 9 aromatic rings. The van der Waals surface area contributed by atoms with Crippen LogP contribution in [0.1, 0.15) is 0 Å². The van der Waals surface area contributed by atoms with E-state index in [0.29, 0.717) is 0 Å². The van der Waals surface area contributed by atoms with Gasteiger partial charge < -0.3 is 0 Å². The van der Waals surface area contributed by atoms with E-state index in [2.05, 4.69) is 99.9 Å². The minimum absolute atomic E-state index is 0.783. The van der Waals surface area contributed by atoms with Crippen LogP contribution in [0.3, 0.4) is 0 Å². The van der Waals surface area contributed by atoms with Crippen LogP contribution in [0.5, 0.6) is 0 Å². The minimum Gasteiger partial charge on any atom is -0.256 e. The van der Waals surface area contributed by atoms with Gasteiger partial charge in [-0.05, 0) is 65.7 Å². The van der Waals surface area contributed by atoms with Crippen LogP contribution in [-0.4, -0.2) is 29.9 Å². The van der Waals surface area contributed by atoms with Gasteiger partial charge >= 0.3 is 0 Å². The summed E-state index contributed by atoms with van der Waals surface area (Å²) in [6.07, 6.45) is 5.39. The van der Waals surface area contributed by atoms with E-state index in [-0.39, 0.29) is 0 Å². The van der Waals surface area contributed by atoms with Crippen molar-refractivity contribution in [3.05, 3.63) is 195 Å². The van der Waals surface area contributed by atoms with E-state index in [1.165, 1.54) is 0 Å². The summed E-state index contributed by atoms with van der Waals surface area (Å²) in [5.41, 5.74) is 14.3. The van der Waals surface area contributed by atoms with Crippen LogP contribution in [0.4, 0.5) is 0 Å². The third kappa shape index (κ3) is 6.67. The first-order chi connectivity index (χ1) is 26.8. The van der Waals surface area contributed by atoms with Gasteiger partial charge in [0, 0.05) is 46.4 Å². The summed E-state index contributed by atoms with van der Waals surface area (Å²) in [6, 6.07) is 59.3. The molecule has 0 radical (unpaired) electrons. The summed E-state index contributed by atoms with van der Waals surface area (Å²) in [5.74, 6) is 0. The largest absolute Gasteiger partial charge is 0.256 e. The molecular weight excluding hydrogens is 661 g/mol. The van der Waals surface area contributed by atoms with Crippen LogP contribution in [0.2, 0.25) is 0 Å². The molecule has 0 aliphatic rings. The van der Waals surface area contributed by atoms with Crippen LogP contribution in [0, 0.1) is 0 Å². The molecule has 0 bridgehead atoms. The van der Waals surface area contributed by atoms with Gasteiger partial charge in [0.2, 0.25) is 0 Å². The highest BCUT2D eigenvalue weighted by molar-refractivity contribution is 5.88. The van der Waals surface area contributed by atoms with Crippen LogP contribution in [0.25, 0.3) is 90.2 Å². The van der Waals surface area contributed by atoms with Crippen LogP contribution >= 0.6 is 0 Å². The highest BCUT2D eigenvalue weighted by Gasteiger charge is 2.20. The van der Waals surface area contributed by atoms with Gasteiger partial charge in [0.05, 0.1) is 51.2 Å². The molecule has 0 spiro atoms. The van der Waals surface area contributed by atoms with Crippen molar-refractivity contribution in [3.63, 3.8) is 0 Å². The van der Waals surface area contributed by atoms with E-state index in [0.717, 1.165) is 90.2 Å². The number of pyridine rings is 4. The fraction of sp³-hybridized carbons (Fsp3) is 0. The van der Waals surface area contributed by atoms with E-state index in [1.807, 2.05) is 97.2 Å². The molecule has 9 rings (SSSR count). The first-order valence-corrected chi connectivity index (χ1v) is 17.8. The standard InChI is InChI=1S/C48H32N6/c1-3-14-34(15-4-1)45-47(53-46(35-16-5-2-6-17-35)48(54-45)38-19-13-18-37(30-38)40-20-7-10-27-49-40)36-25-23-33(24-26-36)39-31-43(41-21-8-11-28-50-41)52-44(32-39)42-22-9-12-29-51-42/h1-32H. The lowest BCUT2D eigenvalue weighted by Crippen LogP contribution is -2.01.